The van der Waals surface area contributed by atoms with E-state index in [-0.39, 0.29) is 30.6 Å². The van der Waals surface area contributed by atoms with Crippen LogP contribution in [0, 0.1) is 5.82 Å². The predicted molar refractivity (Wildman–Crippen MR) is 126 cm³/mol. The zero-order valence-corrected chi connectivity index (χ0v) is 18.8. The van der Waals surface area contributed by atoms with E-state index in [4.69, 9.17) is 14.2 Å². The lowest BCUT2D eigenvalue weighted by Crippen LogP contribution is -2.29. The third kappa shape index (κ3) is 5.17. The Bertz CT molecular complexity index is 1270. The van der Waals surface area contributed by atoms with Crippen LogP contribution in [0.3, 0.4) is 0 Å². The van der Waals surface area contributed by atoms with Gasteiger partial charge in [0, 0.05) is 17.8 Å². The van der Waals surface area contributed by atoms with E-state index in [9.17, 15) is 9.18 Å². The Morgan fingerprint density at radius 1 is 0.971 bits per heavy atom. The van der Waals surface area contributed by atoms with Crippen LogP contribution < -0.4 is 19.5 Å². The minimum Gasteiger partial charge on any atom is -0.493 e. The maximum atomic E-state index is 13.3. The number of amides is 1. The number of carbonyl (C=O) groups is 1. The number of carbonyl (C=O) groups excluding carboxylic acids is 1. The molecular formula is C26H24FN3O4. The van der Waals surface area contributed by atoms with Crippen molar-refractivity contribution in [3.05, 3.63) is 90.5 Å². The number of para-hydroxylation sites is 1. The molecule has 0 aliphatic rings. The average molecular weight is 461 g/mol. The summed E-state index contributed by atoms with van der Waals surface area (Å²) in [6.07, 6.45) is 1.80. The van der Waals surface area contributed by atoms with Crippen LogP contribution in [0.15, 0.2) is 79.0 Å². The first-order valence-corrected chi connectivity index (χ1v) is 10.6. The standard InChI is InChI=1S/C26H24FN3O4/c1-32-23-12-11-18(15-24(23)33-2)22-17-30(20-8-4-3-5-9-20)29-25(22)26(31)28-13-14-34-21-10-6-7-19(27)16-21/h3-12,15-17H,13-14H2,1-2H3,(H,28,31). The molecule has 3 aromatic carbocycles. The summed E-state index contributed by atoms with van der Waals surface area (Å²) in [7, 11) is 3.12. The van der Waals surface area contributed by atoms with Gasteiger partial charge in [0.2, 0.25) is 0 Å². The minimum atomic E-state index is -0.382. The summed E-state index contributed by atoms with van der Waals surface area (Å²) in [5, 5.41) is 7.37. The molecule has 0 radical (unpaired) electrons. The molecular weight excluding hydrogens is 437 g/mol. The molecule has 0 atom stereocenters. The average Bonchev–Trinajstić information content (AvgIpc) is 3.32. The second kappa shape index (κ2) is 10.5. The molecule has 0 aliphatic heterocycles. The fourth-order valence-corrected chi connectivity index (χ4v) is 3.44. The van der Waals surface area contributed by atoms with Crippen molar-refractivity contribution in [2.45, 2.75) is 0 Å². The van der Waals surface area contributed by atoms with E-state index < -0.39 is 0 Å². The lowest BCUT2D eigenvalue weighted by molar-refractivity contribution is 0.0942. The number of benzene rings is 3. The minimum absolute atomic E-state index is 0.181. The highest BCUT2D eigenvalue weighted by Crippen LogP contribution is 2.34. The van der Waals surface area contributed by atoms with Crippen LogP contribution in [0.2, 0.25) is 0 Å². The fourth-order valence-electron chi connectivity index (χ4n) is 3.44. The molecule has 4 rings (SSSR count). The van der Waals surface area contributed by atoms with Gasteiger partial charge in [-0.3, -0.25) is 4.79 Å². The van der Waals surface area contributed by atoms with Crippen molar-refractivity contribution in [3.63, 3.8) is 0 Å². The van der Waals surface area contributed by atoms with Crippen molar-refractivity contribution < 1.29 is 23.4 Å². The van der Waals surface area contributed by atoms with Gasteiger partial charge in [-0.25, -0.2) is 9.07 Å². The van der Waals surface area contributed by atoms with Gasteiger partial charge in [0.1, 0.15) is 18.2 Å². The van der Waals surface area contributed by atoms with E-state index in [1.807, 2.05) is 36.4 Å². The Kier molecular flexibility index (Phi) is 7.07. The maximum Gasteiger partial charge on any atom is 0.272 e. The van der Waals surface area contributed by atoms with Crippen molar-refractivity contribution in [1.82, 2.24) is 15.1 Å². The maximum absolute atomic E-state index is 13.3. The predicted octanol–water partition coefficient (Wildman–Crippen LogP) is 4.50. The number of hydrogen-bond acceptors (Lipinski definition) is 5. The number of methoxy groups -OCH3 is 2. The third-order valence-electron chi connectivity index (χ3n) is 5.10. The summed E-state index contributed by atoms with van der Waals surface area (Å²) in [5.41, 5.74) is 2.45. The molecule has 0 fully saturated rings. The van der Waals surface area contributed by atoms with E-state index >= 15 is 0 Å². The van der Waals surface area contributed by atoms with E-state index in [0.29, 0.717) is 22.8 Å². The molecule has 0 unspecified atom stereocenters. The molecule has 1 heterocycles. The molecule has 8 heteroatoms. The molecule has 1 aromatic heterocycles. The Labute approximate surface area is 196 Å². The lowest BCUT2D eigenvalue weighted by Gasteiger charge is -2.10. The topological polar surface area (TPSA) is 74.6 Å². The van der Waals surface area contributed by atoms with E-state index in [1.54, 1.807) is 49.4 Å². The second-order valence-corrected chi connectivity index (χ2v) is 7.30. The van der Waals surface area contributed by atoms with Gasteiger partial charge in [0.25, 0.3) is 5.91 Å². The molecule has 1 amide bonds. The van der Waals surface area contributed by atoms with Crippen molar-refractivity contribution in [1.29, 1.82) is 0 Å². The number of ether oxygens (including phenoxy) is 3. The summed E-state index contributed by atoms with van der Waals surface area (Å²) in [6, 6.07) is 20.8. The SMILES string of the molecule is COc1ccc(-c2cn(-c3ccccc3)nc2C(=O)NCCOc2cccc(F)c2)cc1OC. The summed E-state index contributed by atoms with van der Waals surface area (Å²) in [5.74, 6) is 0.785. The molecule has 0 bridgehead atoms. The van der Waals surface area contributed by atoms with Gasteiger partial charge >= 0.3 is 0 Å². The van der Waals surface area contributed by atoms with Gasteiger partial charge in [0.15, 0.2) is 17.2 Å². The fraction of sp³-hybridized carbons (Fsp3) is 0.154. The number of hydrogen-bond donors (Lipinski definition) is 1. The van der Waals surface area contributed by atoms with Crippen LogP contribution >= 0.6 is 0 Å². The molecule has 1 N–H and O–H groups in total. The van der Waals surface area contributed by atoms with Crippen molar-refractivity contribution in [2.24, 2.45) is 0 Å². The van der Waals surface area contributed by atoms with Gasteiger partial charge in [-0.2, -0.15) is 5.10 Å². The van der Waals surface area contributed by atoms with Crippen LogP contribution in [0.5, 0.6) is 17.2 Å². The van der Waals surface area contributed by atoms with E-state index in [0.717, 1.165) is 11.3 Å². The first-order chi connectivity index (χ1) is 16.6. The summed E-state index contributed by atoms with van der Waals surface area (Å²) in [6.45, 7) is 0.402. The molecule has 7 nitrogen and oxygen atoms in total. The van der Waals surface area contributed by atoms with Crippen LogP contribution in [0.4, 0.5) is 4.39 Å². The van der Waals surface area contributed by atoms with Crippen LogP contribution in [0.25, 0.3) is 16.8 Å². The van der Waals surface area contributed by atoms with Crippen LogP contribution in [-0.4, -0.2) is 43.1 Å². The highest BCUT2D eigenvalue weighted by atomic mass is 19.1. The van der Waals surface area contributed by atoms with Gasteiger partial charge in [-0.15, -0.1) is 0 Å². The summed E-state index contributed by atoms with van der Waals surface area (Å²) in [4.78, 5) is 13.1. The highest BCUT2D eigenvalue weighted by Gasteiger charge is 2.20. The van der Waals surface area contributed by atoms with Gasteiger partial charge < -0.3 is 19.5 Å². The Morgan fingerprint density at radius 3 is 2.50 bits per heavy atom. The Morgan fingerprint density at radius 2 is 1.76 bits per heavy atom. The number of aromatic nitrogens is 2. The zero-order valence-electron chi connectivity index (χ0n) is 18.8. The zero-order chi connectivity index (χ0) is 23.9. The van der Waals surface area contributed by atoms with Crippen molar-refractivity contribution >= 4 is 5.91 Å². The molecule has 0 saturated carbocycles. The first-order valence-electron chi connectivity index (χ1n) is 10.6. The van der Waals surface area contributed by atoms with Gasteiger partial charge in [0.05, 0.1) is 26.5 Å². The van der Waals surface area contributed by atoms with Crippen LogP contribution in [-0.2, 0) is 0 Å². The highest BCUT2D eigenvalue weighted by molar-refractivity contribution is 5.99. The Balaban J connectivity index is 1.57. The summed E-state index contributed by atoms with van der Waals surface area (Å²) >= 11 is 0. The van der Waals surface area contributed by atoms with E-state index in [2.05, 4.69) is 10.4 Å². The quantitative estimate of drug-likeness (QED) is 0.372. The monoisotopic (exact) mass is 461 g/mol. The van der Waals surface area contributed by atoms with Crippen molar-refractivity contribution in [2.75, 3.05) is 27.4 Å². The first kappa shape index (κ1) is 22.8. The molecule has 174 valence electrons. The van der Waals surface area contributed by atoms with Crippen molar-refractivity contribution in [3.8, 4) is 34.1 Å². The van der Waals surface area contributed by atoms with E-state index in [1.165, 1.54) is 12.1 Å². The second-order valence-electron chi connectivity index (χ2n) is 7.30. The smallest absolute Gasteiger partial charge is 0.272 e. The third-order valence-corrected chi connectivity index (χ3v) is 5.10. The molecule has 4 aromatic rings. The lowest BCUT2D eigenvalue weighted by atomic mass is 10.1. The Hall–Kier alpha value is -4.33. The normalized spacial score (nSPS) is 10.6. The molecule has 0 aliphatic carbocycles. The molecule has 34 heavy (non-hydrogen) atoms. The number of rotatable bonds is 9. The van der Waals surface area contributed by atoms with Gasteiger partial charge in [-0.05, 0) is 42.0 Å². The summed E-state index contributed by atoms with van der Waals surface area (Å²) < 4.78 is 31.2. The molecule has 0 saturated heterocycles. The van der Waals surface area contributed by atoms with Crippen LogP contribution in [0.1, 0.15) is 10.5 Å². The number of halogens is 1. The molecule has 0 spiro atoms. The number of nitrogens with one attached hydrogen (secondary N) is 1. The van der Waals surface area contributed by atoms with Gasteiger partial charge in [-0.1, -0.05) is 30.3 Å². The largest absolute Gasteiger partial charge is 0.493 e. The number of nitrogens with zero attached hydrogens (tertiary/aromatic N) is 2.